The van der Waals surface area contributed by atoms with Crippen LogP contribution in [0.2, 0.25) is 0 Å². The molecule has 1 amide bonds. The monoisotopic (exact) mass is 348 g/mol. The lowest BCUT2D eigenvalue weighted by Crippen LogP contribution is -2.62. The SMILES string of the molecule is CCC[C@H]1CCC[C@H]2[C@@H]3C[C@@H](CN(C(=O)c4csc(N)n4)C3)CN12. The number of rotatable bonds is 3. The van der Waals surface area contributed by atoms with Crippen LogP contribution in [-0.2, 0) is 0 Å². The summed E-state index contributed by atoms with van der Waals surface area (Å²) in [4.78, 5) is 21.8. The Kier molecular flexibility index (Phi) is 4.52. The fourth-order valence-electron chi connectivity index (χ4n) is 5.27. The molecule has 5 nitrogen and oxygen atoms in total. The van der Waals surface area contributed by atoms with Gasteiger partial charge < -0.3 is 10.6 Å². The highest BCUT2D eigenvalue weighted by molar-refractivity contribution is 7.13. The van der Waals surface area contributed by atoms with E-state index >= 15 is 0 Å². The van der Waals surface area contributed by atoms with E-state index in [1.165, 1.54) is 56.4 Å². The number of likely N-dealkylation sites (tertiary alicyclic amines) is 1. The molecule has 4 heterocycles. The van der Waals surface area contributed by atoms with Crippen LogP contribution in [0.5, 0.6) is 0 Å². The zero-order valence-corrected chi connectivity index (χ0v) is 15.3. The molecule has 0 aliphatic carbocycles. The first-order valence-electron chi connectivity index (χ1n) is 9.41. The number of amides is 1. The Labute approximate surface area is 148 Å². The van der Waals surface area contributed by atoms with Crippen LogP contribution in [0.25, 0.3) is 0 Å². The maximum atomic E-state index is 12.8. The van der Waals surface area contributed by atoms with Gasteiger partial charge in [-0.3, -0.25) is 9.69 Å². The van der Waals surface area contributed by atoms with Crippen molar-refractivity contribution < 1.29 is 4.79 Å². The first kappa shape index (κ1) is 16.3. The average Bonchev–Trinajstić information content (AvgIpc) is 3.01. The van der Waals surface area contributed by atoms with Gasteiger partial charge in [0.05, 0.1) is 0 Å². The predicted octanol–water partition coefficient (Wildman–Crippen LogP) is 2.84. The number of nitrogens with two attached hydrogens (primary N) is 1. The molecule has 1 aromatic heterocycles. The average molecular weight is 349 g/mol. The normalized spacial score (nSPS) is 33.3. The number of nitrogen functional groups attached to an aromatic ring is 1. The van der Waals surface area contributed by atoms with E-state index in [0.29, 0.717) is 28.7 Å². The molecular weight excluding hydrogens is 320 g/mol. The molecule has 24 heavy (non-hydrogen) atoms. The lowest BCUT2D eigenvalue weighted by Gasteiger charge is -2.55. The molecule has 0 spiro atoms. The van der Waals surface area contributed by atoms with Crippen LogP contribution < -0.4 is 5.73 Å². The quantitative estimate of drug-likeness (QED) is 0.912. The second kappa shape index (κ2) is 6.64. The van der Waals surface area contributed by atoms with Crippen molar-refractivity contribution in [3.05, 3.63) is 11.1 Å². The Morgan fingerprint density at radius 2 is 2.25 bits per heavy atom. The molecule has 1 aromatic rings. The predicted molar refractivity (Wildman–Crippen MR) is 97.1 cm³/mol. The van der Waals surface area contributed by atoms with E-state index in [1.807, 2.05) is 4.90 Å². The van der Waals surface area contributed by atoms with Crippen LogP contribution in [0, 0.1) is 11.8 Å². The van der Waals surface area contributed by atoms with Crippen molar-refractivity contribution in [2.45, 2.75) is 57.5 Å². The summed E-state index contributed by atoms with van der Waals surface area (Å²) in [5.74, 6) is 1.33. The maximum Gasteiger partial charge on any atom is 0.273 e. The van der Waals surface area contributed by atoms with Crippen LogP contribution in [0.3, 0.4) is 0 Å². The minimum Gasteiger partial charge on any atom is -0.375 e. The van der Waals surface area contributed by atoms with Gasteiger partial charge in [-0.15, -0.1) is 11.3 Å². The van der Waals surface area contributed by atoms with Crippen molar-refractivity contribution in [1.82, 2.24) is 14.8 Å². The fourth-order valence-corrected chi connectivity index (χ4v) is 5.81. The number of nitrogens with zero attached hydrogens (tertiary/aromatic N) is 3. The van der Waals surface area contributed by atoms with Gasteiger partial charge in [0.1, 0.15) is 5.69 Å². The van der Waals surface area contributed by atoms with Gasteiger partial charge in [0.2, 0.25) is 0 Å². The van der Waals surface area contributed by atoms with E-state index in [1.54, 1.807) is 5.38 Å². The molecule has 0 saturated carbocycles. The third-order valence-electron chi connectivity index (χ3n) is 6.17. The molecule has 3 fully saturated rings. The first-order valence-corrected chi connectivity index (χ1v) is 10.3. The Hall–Kier alpha value is -1.14. The Balaban J connectivity index is 1.49. The fraction of sp³-hybridized carbons (Fsp3) is 0.778. The topological polar surface area (TPSA) is 62.5 Å². The lowest BCUT2D eigenvalue weighted by atomic mass is 9.74. The summed E-state index contributed by atoms with van der Waals surface area (Å²) in [6.45, 7) is 5.25. The standard InChI is InChI=1S/C18H28N4OS/c1-2-4-14-5-3-6-16-13-7-12(9-22(14)16)8-21(10-13)17(23)15-11-24-18(19)20-15/h11-14,16H,2-10H2,1H3,(H2,19,20)/t12-,13+,14-,16-/m0/s1. The Morgan fingerprint density at radius 1 is 1.38 bits per heavy atom. The molecular formula is C18H28N4OS. The molecule has 0 aromatic carbocycles. The number of anilines is 1. The number of hydrogen-bond donors (Lipinski definition) is 1. The lowest BCUT2D eigenvalue weighted by molar-refractivity contribution is -0.0519. The van der Waals surface area contributed by atoms with Crippen LogP contribution >= 0.6 is 11.3 Å². The van der Waals surface area contributed by atoms with E-state index in [9.17, 15) is 4.79 Å². The van der Waals surface area contributed by atoms with E-state index in [-0.39, 0.29) is 5.91 Å². The number of piperidine rings is 3. The van der Waals surface area contributed by atoms with Gasteiger partial charge in [-0.2, -0.15) is 0 Å². The molecule has 3 aliphatic heterocycles. The Bertz CT molecular complexity index is 602. The van der Waals surface area contributed by atoms with E-state index in [0.717, 1.165) is 19.1 Å². The molecule has 132 valence electrons. The first-order chi connectivity index (χ1) is 11.7. The third kappa shape index (κ3) is 2.94. The summed E-state index contributed by atoms with van der Waals surface area (Å²) in [6.07, 6.45) is 7.93. The Morgan fingerprint density at radius 3 is 3.00 bits per heavy atom. The van der Waals surface area contributed by atoms with E-state index in [4.69, 9.17) is 5.73 Å². The van der Waals surface area contributed by atoms with Gasteiger partial charge in [-0.1, -0.05) is 19.8 Å². The highest BCUT2D eigenvalue weighted by Gasteiger charge is 2.45. The number of fused-ring (bicyclic) bond motifs is 4. The third-order valence-corrected chi connectivity index (χ3v) is 6.84. The number of carbonyl (C=O) groups is 1. The van der Waals surface area contributed by atoms with Crippen LogP contribution in [0.15, 0.2) is 5.38 Å². The molecule has 3 saturated heterocycles. The number of thiazole rings is 1. The summed E-state index contributed by atoms with van der Waals surface area (Å²) in [7, 11) is 0. The number of carbonyl (C=O) groups excluding carboxylic acids is 1. The molecule has 6 heteroatoms. The van der Waals surface area contributed by atoms with Gasteiger partial charge in [0.15, 0.2) is 5.13 Å². The van der Waals surface area contributed by atoms with Crippen LogP contribution in [0.1, 0.15) is 55.9 Å². The van der Waals surface area contributed by atoms with Gasteiger partial charge >= 0.3 is 0 Å². The van der Waals surface area contributed by atoms with Crippen molar-refractivity contribution in [3.8, 4) is 0 Å². The van der Waals surface area contributed by atoms with Crippen molar-refractivity contribution >= 4 is 22.4 Å². The van der Waals surface area contributed by atoms with Crippen LogP contribution in [0.4, 0.5) is 5.13 Å². The number of hydrogen-bond acceptors (Lipinski definition) is 5. The smallest absolute Gasteiger partial charge is 0.273 e. The summed E-state index contributed by atoms with van der Waals surface area (Å²) >= 11 is 1.35. The second-order valence-electron chi connectivity index (χ2n) is 7.78. The molecule has 2 N–H and O–H groups in total. The summed E-state index contributed by atoms with van der Waals surface area (Å²) in [6, 6.07) is 1.46. The molecule has 4 rings (SSSR count). The highest BCUT2D eigenvalue weighted by Crippen LogP contribution is 2.40. The van der Waals surface area contributed by atoms with Gasteiger partial charge in [0, 0.05) is 37.1 Å². The molecule has 2 bridgehead atoms. The van der Waals surface area contributed by atoms with Gasteiger partial charge in [-0.05, 0) is 37.5 Å². The van der Waals surface area contributed by atoms with Crippen molar-refractivity contribution in [2.24, 2.45) is 11.8 Å². The summed E-state index contributed by atoms with van der Waals surface area (Å²) in [5, 5.41) is 2.28. The van der Waals surface area contributed by atoms with Crippen molar-refractivity contribution in [1.29, 1.82) is 0 Å². The summed E-state index contributed by atoms with van der Waals surface area (Å²) in [5.41, 5.74) is 6.23. The highest BCUT2D eigenvalue weighted by atomic mass is 32.1. The maximum absolute atomic E-state index is 12.8. The largest absolute Gasteiger partial charge is 0.375 e. The van der Waals surface area contributed by atoms with Gasteiger partial charge in [0.25, 0.3) is 5.91 Å². The van der Waals surface area contributed by atoms with E-state index in [2.05, 4.69) is 16.8 Å². The zero-order valence-electron chi connectivity index (χ0n) is 14.5. The van der Waals surface area contributed by atoms with Crippen molar-refractivity contribution in [2.75, 3.05) is 25.4 Å². The van der Waals surface area contributed by atoms with Gasteiger partial charge in [-0.25, -0.2) is 4.98 Å². The molecule has 3 aliphatic rings. The van der Waals surface area contributed by atoms with E-state index < -0.39 is 0 Å². The zero-order chi connectivity index (χ0) is 16.7. The van der Waals surface area contributed by atoms with Crippen LogP contribution in [-0.4, -0.2) is 52.4 Å². The second-order valence-corrected chi connectivity index (χ2v) is 8.67. The minimum absolute atomic E-state index is 0.0759. The molecule has 0 unspecified atom stereocenters. The molecule has 4 atom stereocenters. The molecule has 0 radical (unpaired) electrons. The summed E-state index contributed by atoms with van der Waals surface area (Å²) < 4.78 is 0. The number of aromatic nitrogens is 1. The minimum atomic E-state index is 0.0759. The van der Waals surface area contributed by atoms with Crippen molar-refractivity contribution in [3.63, 3.8) is 0 Å².